The Balaban J connectivity index is 2.53. The Kier molecular flexibility index (Phi) is 4.52. The molecule has 0 heterocycles. The minimum Gasteiger partial charge on any atom is -0.385 e. The second kappa shape index (κ2) is 5.44. The number of anilines is 1. The monoisotopic (exact) mass is 290 g/mol. The second-order valence-electron chi connectivity index (χ2n) is 3.03. The van der Waals surface area contributed by atoms with Crippen LogP contribution in [0.3, 0.4) is 0 Å². The molecule has 0 aromatic heterocycles. The molecule has 72 valence electrons. The van der Waals surface area contributed by atoms with Gasteiger partial charge in [0.25, 0.3) is 0 Å². The Labute approximate surface area is 93.0 Å². The van der Waals surface area contributed by atoms with Gasteiger partial charge in [-0.05, 0) is 60.2 Å². The fourth-order valence-electron chi connectivity index (χ4n) is 1.04. The average molecular weight is 290 g/mol. The van der Waals surface area contributed by atoms with Gasteiger partial charge in [0.1, 0.15) is 0 Å². The summed E-state index contributed by atoms with van der Waals surface area (Å²) in [4.78, 5) is 0. The molecule has 0 unspecified atom stereocenters. The molecule has 0 fully saturated rings. The summed E-state index contributed by atoms with van der Waals surface area (Å²) in [6.45, 7) is 3.82. The van der Waals surface area contributed by atoms with Gasteiger partial charge in [0, 0.05) is 15.8 Å². The zero-order valence-electron chi connectivity index (χ0n) is 7.81. The van der Waals surface area contributed by atoms with E-state index in [9.17, 15) is 0 Å². The van der Waals surface area contributed by atoms with Crippen LogP contribution < -0.4 is 11.1 Å². The molecule has 3 heteroatoms. The van der Waals surface area contributed by atoms with Gasteiger partial charge in [-0.15, -0.1) is 0 Å². The van der Waals surface area contributed by atoms with Crippen LogP contribution in [0.5, 0.6) is 0 Å². The second-order valence-corrected chi connectivity index (χ2v) is 4.20. The molecule has 0 spiro atoms. The average Bonchev–Trinajstić information content (AvgIpc) is 2.12. The molecule has 1 rings (SSSR count). The van der Waals surface area contributed by atoms with E-state index in [4.69, 9.17) is 5.73 Å². The third-order valence-corrected chi connectivity index (χ3v) is 3.04. The maximum absolute atomic E-state index is 5.41. The van der Waals surface area contributed by atoms with E-state index in [1.165, 1.54) is 14.8 Å². The fraction of sp³-hybridized carbons (Fsp3) is 0.400. The van der Waals surface area contributed by atoms with Crippen LogP contribution in [0.25, 0.3) is 0 Å². The van der Waals surface area contributed by atoms with Gasteiger partial charge in [-0.3, -0.25) is 0 Å². The Hall–Kier alpha value is -0.290. The molecule has 1 aromatic carbocycles. The van der Waals surface area contributed by atoms with Crippen molar-refractivity contribution in [1.82, 2.24) is 0 Å². The largest absolute Gasteiger partial charge is 0.385 e. The lowest BCUT2D eigenvalue weighted by molar-refractivity contribution is 0.874. The predicted molar refractivity (Wildman–Crippen MR) is 66.1 cm³/mol. The number of aryl methyl sites for hydroxylation is 1. The number of rotatable bonds is 4. The summed E-state index contributed by atoms with van der Waals surface area (Å²) in [5, 5.41) is 3.33. The summed E-state index contributed by atoms with van der Waals surface area (Å²) in [6, 6.07) is 6.40. The zero-order chi connectivity index (χ0) is 9.68. The van der Waals surface area contributed by atoms with Crippen LogP contribution in [0.4, 0.5) is 5.69 Å². The van der Waals surface area contributed by atoms with Crippen LogP contribution >= 0.6 is 22.6 Å². The van der Waals surface area contributed by atoms with Crippen molar-refractivity contribution >= 4 is 28.3 Å². The lowest BCUT2D eigenvalue weighted by Crippen LogP contribution is -2.08. The first-order valence-electron chi connectivity index (χ1n) is 4.44. The SMILES string of the molecule is Cc1ccc(NCCCN)cc1I. The van der Waals surface area contributed by atoms with Crippen molar-refractivity contribution in [1.29, 1.82) is 0 Å². The number of benzene rings is 1. The summed E-state index contributed by atoms with van der Waals surface area (Å²) in [7, 11) is 0. The molecule has 0 aliphatic heterocycles. The molecule has 0 radical (unpaired) electrons. The predicted octanol–water partition coefficient (Wildman–Crippen LogP) is 2.36. The first-order chi connectivity index (χ1) is 6.24. The van der Waals surface area contributed by atoms with Crippen LogP contribution in [0.1, 0.15) is 12.0 Å². The summed E-state index contributed by atoms with van der Waals surface area (Å²) >= 11 is 2.35. The van der Waals surface area contributed by atoms with E-state index >= 15 is 0 Å². The van der Waals surface area contributed by atoms with E-state index in [1.54, 1.807) is 0 Å². The van der Waals surface area contributed by atoms with E-state index in [-0.39, 0.29) is 0 Å². The van der Waals surface area contributed by atoms with Crippen molar-refractivity contribution in [2.24, 2.45) is 5.73 Å². The number of nitrogens with one attached hydrogen (secondary N) is 1. The topological polar surface area (TPSA) is 38.0 Å². The standard InChI is InChI=1S/C10H15IN2/c1-8-3-4-9(7-10(8)11)13-6-2-5-12/h3-4,7,13H,2,5-6,12H2,1H3. The maximum atomic E-state index is 5.41. The van der Waals surface area contributed by atoms with Gasteiger partial charge in [0.05, 0.1) is 0 Å². The smallest absolute Gasteiger partial charge is 0.0350 e. The molecule has 0 aliphatic carbocycles. The van der Waals surface area contributed by atoms with Gasteiger partial charge >= 0.3 is 0 Å². The van der Waals surface area contributed by atoms with Crippen LogP contribution in [0, 0.1) is 10.5 Å². The van der Waals surface area contributed by atoms with Crippen LogP contribution in [0.2, 0.25) is 0 Å². The summed E-state index contributed by atoms with van der Waals surface area (Å²) in [5.74, 6) is 0. The van der Waals surface area contributed by atoms with Gasteiger partial charge in [-0.1, -0.05) is 6.07 Å². The van der Waals surface area contributed by atoms with Crippen molar-refractivity contribution in [3.05, 3.63) is 27.3 Å². The summed E-state index contributed by atoms with van der Waals surface area (Å²) in [6.07, 6.45) is 1.02. The van der Waals surface area contributed by atoms with E-state index in [2.05, 4.69) is 53.0 Å². The molecule has 0 amide bonds. The number of hydrogen-bond donors (Lipinski definition) is 2. The molecule has 2 nitrogen and oxygen atoms in total. The number of nitrogens with two attached hydrogens (primary N) is 1. The first kappa shape index (κ1) is 10.8. The van der Waals surface area contributed by atoms with Crippen molar-refractivity contribution in [3.63, 3.8) is 0 Å². The Morgan fingerprint density at radius 3 is 2.85 bits per heavy atom. The van der Waals surface area contributed by atoms with Gasteiger partial charge < -0.3 is 11.1 Å². The van der Waals surface area contributed by atoms with Crippen molar-refractivity contribution in [2.75, 3.05) is 18.4 Å². The quantitative estimate of drug-likeness (QED) is 0.660. The third kappa shape index (κ3) is 3.52. The number of halogens is 1. The molecular weight excluding hydrogens is 275 g/mol. The van der Waals surface area contributed by atoms with Crippen LogP contribution in [-0.4, -0.2) is 13.1 Å². The molecule has 0 saturated heterocycles. The van der Waals surface area contributed by atoms with E-state index in [1.807, 2.05) is 0 Å². The third-order valence-electron chi connectivity index (χ3n) is 1.88. The zero-order valence-corrected chi connectivity index (χ0v) is 9.97. The Morgan fingerprint density at radius 1 is 1.46 bits per heavy atom. The van der Waals surface area contributed by atoms with Crippen LogP contribution in [0.15, 0.2) is 18.2 Å². The molecule has 1 aromatic rings. The van der Waals surface area contributed by atoms with Crippen molar-refractivity contribution < 1.29 is 0 Å². The molecule has 0 aliphatic rings. The normalized spacial score (nSPS) is 10.1. The number of hydrogen-bond acceptors (Lipinski definition) is 2. The van der Waals surface area contributed by atoms with Gasteiger partial charge in [0.2, 0.25) is 0 Å². The first-order valence-corrected chi connectivity index (χ1v) is 5.52. The fourth-order valence-corrected chi connectivity index (χ4v) is 1.55. The molecular formula is C10H15IN2. The van der Waals surface area contributed by atoms with Crippen LogP contribution in [-0.2, 0) is 0 Å². The summed E-state index contributed by atoms with van der Waals surface area (Å²) < 4.78 is 1.30. The van der Waals surface area contributed by atoms with E-state index in [0.29, 0.717) is 0 Å². The van der Waals surface area contributed by atoms with Gasteiger partial charge in [0.15, 0.2) is 0 Å². The summed E-state index contributed by atoms with van der Waals surface area (Å²) in [5.41, 5.74) is 7.91. The molecule has 3 N–H and O–H groups in total. The highest BCUT2D eigenvalue weighted by Crippen LogP contribution is 2.16. The molecule has 0 atom stereocenters. The lowest BCUT2D eigenvalue weighted by Gasteiger charge is -2.06. The Bertz CT molecular complexity index is 274. The van der Waals surface area contributed by atoms with E-state index < -0.39 is 0 Å². The molecule has 0 bridgehead atoms. The minimum absolute atomic E-state index is 0.746. The molecule has 13 heavy (non-hydrogen) atoms. The highest BCUT2D eigenvalue weighted by Gasteiger charge is 1.95. The van der Waals surface area contributed by atoms with Gasteiger partial charge in [-0.25, -0.2) is 0 Å². The van der Waals surface area contributed by atoms with Crippen molar-refractivity contribution in [3.8, 4) is 0 Å². The van der Waals surface area contributed by atoms with E-state index in [0.717, 1.165) is 19.5 Å². The lowest BCUT2D eigenvalue weighted by atomic mass is 10.2. The van der Waals surface area contributed by atoms with Gasteiger partial charge in [-0.2, -0.15) is 0 Å². The maximum Gasteiger partial charge on any atom is 0.0350 e. The highest BCUT2D eigenvalue weighted by atomic mass is 127. The molecule has 0 saturated carbocycles. The van der Waals surface area contributed by atoms with Crippen molar-refractivity contribution in [2.45, 2.75) is 13.3 Å². The highest BCUT2D eigenvalue weighted by molar-refractivity contribution is 14.1. The Morgan fingerprint density at radius 2 is 2.23 bits per heavy atom. The minimum atomic E-state index is 0.746.